The molecule has 1 aliphatic rings. The minimum absolute atomic E-state index is 0.161. The van der Waals surface area contributed by atoms with Gasteiger partial charge in [0, 0.05) is 11.1 Å². The number of aromatic nitrogens is 1. The van der Waals surface area contributed by atoms with Gasteiger partial charge in [-0.1, -0.05) is 35.6 Å². The number of allylic oxidation sites excluding steroid dienone is 1. The molecule has 4 aromatic rings. The first-order valence-electron chi connectivity index (χ1n) is 14.6. The van der Waals surface area contributed by atoms with E-state index in [1.54, 1.807) is 69.5 Å². The molecule has 236 valence electrons. The molecule has 0 spiro atoms. The first kappa shape index (κ1) is 32.1. The van der Waals surface area contributed by atoms with Crippen LogP contribution in [0.4, 0.5) is 0 Å². The first-order valence-corrected chi connectivity index (χ1v) is 15.4. The zero-order chi connectivity index (χ0) is 32.8. The standard InChI is InChI=1S/C35H33N3O7S/c1-6-43-29-16-22(12-14-28(29)45-20-24-11-9-8-10-23(24)19-36)17-30-33(39)38-32(26-18-25(41-4)13-15-27(26)42-5)31(34(40)44-7-2)21(3)37-35(38)46-30/h8-18,32H,6-7,20H2,1-5H3/b30-17+/t32-/m0/s1. The number of thiazole rings is 1. The van der Waals surface area contributed by atoms with E-state index in [0.717, 1.165) is 5.56 Å². The molecule has 0 amide bonds. The Morgan fingerprint density at radius 1 is 1.00 bits per heavy atom. The number of hydrogen-bond acceptors (Lipinski definition) is 10. The van der Waals surface area contributed by atoms with Crippen LogP contribution in [0.5, 0.6) is 23.0 Å². The van der Waals surface area contributed by atoms with Crippen LogP contribution < -0.4 is 33.8 Å². The lowest BCUT2D eigenvalue weighted by Crippen LogP contribution is -2.40. The quantitative estimate of drug-likeness (QED) is 0.217. The summed E-state index contributed by atoms with van der Waals surface area (Å²) in [5.41, 5.74) is 2.92. The van der Waals surface area contributed by atoms with Crippen LogP contribution in [-0.4, -0.2) is 38.0 Å². The summed E-state index contributed by atoms with van der Waals surface area (Å²) in [6.07, 6.45) is 1.75. The van der Waals surface area contributed by atoms with Crippen LogP contribution in [0.3, 0.4) is 0 Å². The van der Waals surface area contributed by atoms with Crippen molar-refractivity contribution >= 4 is 23.4 Å². The van der Waals surface area contributed by atoms with Crippen molar-refractivity contribution in [1.82, 2.24) is 4.57 Å². The van der Waals surface area contributed by atoms with E-state index in [1.165, 1.54) is 23.0 Å². The second-order valence-corrected chi connectivity index (χ2v) is 11.1. The fourth-order valence-electron chi connectivity index (χ4n) is 5.20. The van der Waals surface area contributed by atoms with Crippen LogP contribution in [-0.2, 0) is 16.1 Å². The van der Waals surface area contributed by atoms with Gasteiger partial charge in [0.05, 0.1) is 54.9 Å². The number of rotatable bonds is 11. The van der Waals surface area contributed by atoms with Crippen LogP contribution in [0.1, 0.15) is 49.1 Å². The fourth-order valence-corrected chi connectivity index (χ4v) is 6.25. The molecule has 11 heteroatoms. The number of esters is 1. The molecule has 0 fully saturated rings. The SMILES string of the molecule is CCOC(=O)C1=C(C)N=c2s/c(=C/c3ccc(OCc4ccccc4C#N)c(OCC)c3)c(=O)n2[C@H]1c1cc(OC)ccc1OC. The van der Waals surface area contributed by atoms with Crippen molar-refractivity contribution in [1.29, 1.82) is 5.26 Å². The maximum absolute atomic E-state index is 14.1. The summed E-state index contributed by atoms with van der Waals surface area (Å²) >= 11 is 1.21. The Morgan fingerprint density at radius 3 is 2.50 bits per heavy atom. The van der Waals surface area contributed by atoms with Crippen LogP contribution in [0, 0.1) is 11.3 Å². The third-order valence-electron chi connectivity index (χ3n) is 7.33. The summed E-state index contributed by atoms with van der Waals surface area (Å²) in [6, 6.07) is 19.2. The number of methoxy groups -OCH3 is 2. The number of carbonyl (C=O) groups excluding carboxylic acids is 1. The number of ether oxygens (including phenoxy) is 5. The Bertz CT molecular complexity index is 2040. The Morgan fingerprint density at radius 2 is 1.78 bits per heavy atom. The predicted octanol–water partition coefficient (Wildman–Crippen LogP) is 4.66. The van der Waals surface area contributed by atoms with Gasteiger partial charge in [-0.05, 0) is 68.8 Å². The molecule has 1 aliphatic heterocycles. The predicted molar refractivity (Wildman–Crippen MR) is 173 cm³/mol. The molecule has 0 saturated heterocycles. The van der Waals surface area contributed by atoms with Gasteiger partial charge in [0.2, 0.25) is 0 Å². The Hall–Kier alpha value is -5.34. The molecule has 46 heavy (non-hydrogen) atoms. The van der Waals surface area contributed by atoms with Crippen molar-refractivity contribution in [3.05, 3.63) is 114 Å². The number of hydrogen-bond donors (Lipinski definition) is 0. The maximum atomic E-state index is 14.1. The second kappa shape index (κ2) is 14.2. The van der Waals surface area contributed by atoms with Crippen LogP contribution in [0.15, 0.2) is 81.7 Å². The zero-order valence-electron chi connectivity index (χ0n) is 26.2. The molecule has 3 aromatic carbocycles. The third kappa shape index (κ3) is 6.39. The van der Waals surface area contributed by atoms with E-state index in [4.69, 9.17) is 23.7 Å². The average Bonchev–Trinajstić information content (AvgIpc) is 3.37. The lowest BCUT2D eigenvalue weighted by atomic mass is 9.94. The van der Waals surface area contributed by atoms with E-state index in [-0.39, 0.29) is 24.3 Å². The molecule has 0 unspecified atom stereocenters. The van der Waals surface area contributed by atoms with Crippen molar-refractivity contribution < 1.29 is 28.5 Å². The van der Waals surface area contributed by atoms with E-state index in [0.29, 0.717) is 61.3 Å². The van der Waals surface area contributed by atoms with Crippen molar-refractivity contribution in [3.8, 4) is 29.1 Å². The van der Waals surface area contributed by atoms with Gasteiger partial charge in [-0.3, -0.25) is 9.36 Å². The van der Waals surface area contributed by atoms with Crippen molar-refractivity contribution in [2.24, 2.45) is 4.99 Å². The van der Waals surface area contributed by atoms with Gasteiger partial charge in [-0.2, -0.15) is 5.26 Å². The fraction of sp³-hybridized carbons (Fsp3) is 0.257. The number of benzene rings is 3. The summed E-state index contributed by atoms with van der Waals surface area (Å²) in [5.74, 6) is 1.46. The number of carbonyl (C=O) groups is 1. The second-order valence-electron chi connectivity index (χ2n) is 10.1. The van der Waals surface area contributed by atoms with Crippen LogP contribution >= 0.6 is 11.3 Å². The van der Waals surface area contributed by atoms with Gasteiger partial charge in [-0.15, -0.1) is 0 Å². The zero-order valence-corrected chi connectivity index (χ0v) is 27.0. The van der Waals surface area contributed by atoms with Gasteiger partial charge in [-0.25, -0.2) is 9.79 Å². The van der Waals surface area contributed by atoms with Gasteiger partial charge < -0.3 is 23.7 Å². The molecule has 0 radical (unpaired) electrons. The highest BCUT2D eigenvalue weighted by molar-refractivity contribution is 7.07. The summed E-state index contributed by atoms with van der Waals surface area (Å²) in [4.78, 5) is 32.5. The Kier molecular flexibility index (Phi) is 9.88. The molecule has 0 aliphatic carbocycles. The molecule has 2 heterocycles. The maximum Gasteiger partial charge on any atom is 0.338 e. The molecule has 0 saturated carbocycles. The number of nitriles is 1. The molecule has 10 nitrogen and oxygen atoms in total. The molecule has 1 aromatic heterocycles. The molecule has 0 N–H and O–H groups in total. The highest BCUT2D eigenvalue weighted by atomic mass is 32.1. The van der Waals surface area contributed by atoms with E-state index in [1.807, 2.05) is 25.1 Å². The van der Waals surface area contributed by atoms with Gasteiger partial charge in [0.15, 0.2) is 16.3 Å². The normalized spacial score (nSPS) is 14.2. The lowest BCUT2D eigenvalue weighted by Gasteiger charge is -2.26. The Balaban J connectivity index is 1.60. The largest absolute Gasteiger partial charge is 0.497 e. The van der Waals surface area contributed by atoms with Gasteiger partial charge >= 0.3 is 5.97 Å². The number of nitrogens with zero attached hydrogens (tertiary/aromatic N) is 3. The molecular weight excluding hydrogens is 606 g/mol. The molecule has 0 bridgehead atoms. The van der Waals surface area contributed by atoms with E-state index in [9.17, 15) is 14.9 Å². The molecule has 5 rings (SSSR count). The Labute approximate surface area is 270 Å². The van der Waals surface area contributed by atoms with E-state index in [2.05, 4.69) is 11.1 Å². The topological polar surface area (TPSA) is 121 Å². The highest BCUT2D eigenvalue weighted by Crippen LogP contribution is 2.38. The number of fused-ring (bicyclic) bond motifs is 1. The van der Waals surface area contributed by atoms with Crippen molar-refractivity contribution in [2.45, 2.75) is 33.4 Å². The van der Waals surface area contributed by atoms with Gasteiger partial charge in [0.1, 0.15) is 24.1 Å². The van der Waals surface area contributed by atoms with E-state index < -0.39 is 12.0 Å². The molecule has 1 atom stereocenters. The lowest BCUT2D eigenvalue weighted by molar-refractivity contribution is -0.139. The summed E-state index contributed by atoms with van der Waals surface area (Å²) < 4.78 is 30.4. The smallest absolute Gasteiger partial charge is 0.338 e. The summed E-state index contributed by atoms with van der Waals surface area (Å²) in [6.45, 7) is 6.07. The minimum atomic E-state index is -0.867. The van der Waals surface area contributed by atoms with Crippen LogP contribution in [0.25, 0.3) is 6.08 Å². The monoisotopic (exact) mass is 639 g/mol. The summed E-state index contributed by atoms with van der Waals surface area (Å²) in [5, 5.41) is 9.42. The highest BCUT2D eigenvalue weighted by Gasteiger charge is 2.35. The van der Waals surface area contributed by atoms with Gasteiger partial charge in [0.25, 0.3) is 5.56 Å². The van der Waals surface area contributed by atoms with E-state index >= 15 is 0 Å². The first-order chi connectivity index (χ1) is 22.3. The third-order valence-corrected chi connectivity index (χ3v) is 8.32. The van der Waals surface area contributed by atoms with Crippen LogP contribution in [0.2, 0.25) is 0 Å². The van der Waals surface area contributed by atoms with Crippen molar-refractivity contribution in [3.63, 3.8) is 0 Å². The minimum Gasteiger partial charge on any atom is -0.497 e. The van der Waals surface area contributed by atoms with Crippen molar-refractivity contribution in [2.75, 3.05) is 27.4 Å². The molecular formula is C35H33N3O7S. The average molecular weight is 640 g/mol. The summed E-state index contributed by atoms with van der Waals surface area (Å²) in [7, 11) is 3.07.